The van der Waals surface area contributed by atoms with Gasteiger partial charge in [0.05, 0.1) is 5.54 Å². The Morgan fingerprint density at radius 1 is 1.33 bits per heavy atom. The van der Waals surface area contributed by atoms with Crippen LogP contribution in [0.15, 0.2) is 30.3 Å². The second kappa shape index (κ2) is 6.01. The third kappa shape index (κ3) is 3.84. The zero-order valence-corrected chi connectivity index (χ0v) is 11.8. The van der Waals surface area contributed by atoms with Crippen LogP contribution in [0, 0.1) is 0 Å². The first-order valence-corrected chi connectivity index (χ1v) is 6.50. The van der Waals surface area contributed by atoms with Gasteiger partial charge in [0, 0.05) is 12.6 Å². The number of rotatable bonds is 5. The Hall–Kier alpha value is -1.35. The first-order chi connectivity index (χ1) is 8.36. The standard InChI is InChI=1S/C15H24N2O/c1-5-12(2)17(14(18)15(3,4)16)11-13-9-7-6-8-10-13/h6-10,12H,5,11,16H2,1-4H3. The summed E-state index contributed by atoms with van der Waals surface area (Å²) in [5, 5.41) is 0. The van der Waals surface area contributed by atoms with Gasteiger partial charge in [0.15, 0.2) is 0 Å². The van der Waals surface area contributed by atoms with E-state index in [0.717, 1.165) is 12.0 Å². The van der Waals surface area contributed by atoms with E-state index in [1.54, 1.807) is 13.8 Å². The number of hydrogen-bond donors (Lipinski definition) is 1. The molecule has 18 heavy (non-hydrogen) atoms. The van der Waals surface area contributed by atoms with Crippen molar-refractivity contribution in [3.8, 4) is 0 Å². The highest BCUT2D eigenvalue weighted by Crippen LogP contribution is 2.15. The van der Waals surface area contributed by atoms with E-state index in [0.29, 0.717) is 6.54 Å². The summed E-state index contributed by atoms with van der Waals surface area (Å²) in [5.74, 6) is 0.000651. The Morgan fingerprint density at radius 2 is 1.89 bits per heavy atom. The highest BCUT2D eigenvalue weighted by Gasteiger charge is 2.30. The highest BCUT2D eigenvalue weighted by atomic mass is 16.2. The second-order valence-corrected chi connectivity index (χ2v) is 5.40. The van der Waals surface area contributed by atoms with Gasteiger partial charge in [0.1, 0.15) is 0 Å². The van der Waals surface area contributed by atoms with E-state index in [1.807, 2.05) is 35.2 Å². The fourth-order valence-electron chi connectivity index (χ4n) is 1.80. The minimum absolute atomic E-state index is 0.000651. The van der Waals surface area contributed by atoms with Crippen LogP contribution in [0.3, 0.4) is 0 Å². The molecule has 0 aliphatic rings. The molecule has 1 amide bonds. The molecule has 0 heterocycles. The van der Waals surface area contributed by atoms with Gasteiger partial charge >= 0.3 is 0 Å². The normalized spacial score (nSPS) is 13.2. The Kier molecular flexibility index (Phi) is 4.91. The first-order valence-electron chi connectivity index (χ1n) is 6.50. The molecular weight excluding hydrogens is 224 g/mol. The molecular formula is C15H24N2O. The lowest BCUT2D eigenvalue weighted by Crippen LogP contribution is -2.53. The van der Waals surface area contributed by atoms with Crippen molar-refractivity contribution in [3.63, 3.8) is 0 Å². The maximum Gasteiger partial charge on any atom is 0.242 e. The Morgan fingerprint density at radius 3 is 2.33 bits per heavy atom. The van der Waals surface area contributed by atoms with Gasteiger partial charge < -0.3 is 10.6 Å². The van der Waals surface area contributed by atoms with E-state index in [-0.39, 0.29) is 11.9 Å². The smallest absolute Gasteiger partial charge is 0.242 e. The van der Waals surface area contributed by atoms with Gasteiger partial charge in [-0.1, -0.05) is 37.3 Å². The largest absolute Gasteiger partial charge is 0.334 e. The van der Waals surface area contributed by atoms with Crippen molar-refractivity contribution < 1.29 is 4.79 Å². The fraction of sp³-hybridized carbons (Fsp3) is 0.533. The van der Waals surface area contributed by atoms with Gasteiger partial charge in [-0.05, 0) is 32.8 Å². The molecule has 1 unspecified atom stereocenters. The van der Waals surface area contributed by atoms with E-state index in [2.05, 4.69) is 13.8 Å². The predicted molar refractivity (Wildman–Crippen MR) is 75.0 cm³/mol. The van der Waals surface area contributed by atoms with Crippen LogP contribution in [0.25, 0.3) is 0 Å². The summed E-state index contributed by atoms with van der Waals surface area (Å²) in [5.41, 5.74) is 6.25. The molecule has 1 aromatic carbocycles. The summed E-state index contributed by atoms with van der Waals surface area (Å²) in [6.45, 7) is 8.28. The summed E-state index contributed by atoms with van der Waals surface area (Å²) >= 11 is 0. The maximum absolute atomic E-state index is 12.4. The molecule has 0 bridgehead atoms. The average molecular weight is 248 g/mol. The Balaban J connectivity index is 2.90. The van der Waals surface area contributed by atoms with Gasteiger partial charge in [-0.25, -0.2) is 0 Å². The van der Waals surface area contributed by atoms with Crippen LogP contribution in [0.4, 0.5) is 0 Å². The fourth-order valence-corrected chi connectivity index (χ4v) is 1.80. The molecule has 0 saturated carbocycles. The van der Waals surface area contributed by atoms with Crippen LogP contribution < -0.4 is 5.73 Å². The lowest BCUT2D eigenvalue weighted by atomic mass is 10.0. The van der Waals surface area contributed by atoms with Gasteiger partial charge in [-0.3, -0.25) is 4.79 Å². The summed E-state index contributed by atoms with van der Waals surface area (Å²) in [4.78, 5) is 14.2. The summed E-state index contributed by atoms with van der Waals surface area (Å²) in [6.07, 6.45) is 0.925. The number of benzene rings is 1. The molecule has 0 aromatic heterocycles. The minimum atomic E-state index is -0.821. The van der Waals surface area contributed by atoms with E-state index >= 15 is 0 Å². The molecule has 1 rings (SSSR count). The average Bonchev–Trinajstić information content (AvgIpc) is 2.34. The molecule has 0 aliphatic heterocycles. The van der Waals surface area contributed by atoms with E-state index in [9.17, 15) is 4.79 Å². The monoisotopic (exact) mass is 248 g/mol. The molecule has 100 valence electrons. The van der Waals surface area contributed by atoms with Crippen LogP contribution in [0.5, 0.6) is 0 Å². The second-order valence-electron chi connectivity index (χ2n) is 5.40. The van der Waals surface area contributed by atoms with E-state index in [1.165, 1.54) is 0 Å². The molecule has 1 atom stereocenters. The van der Waals surface area contributed by atoms with Gasteiger partial charge in [0.2, 0.25) is 5.91 Å². The number of hydrogen-bond acceptors (Lipinski definition) is 2. The van der Waals surface area contributed by atoms with Crippen molar-refractivity contribution in [1.29, 1.82) is 0 Å². The summed E-state index contributed by atoms with van der Waals surface area (Å²) in [6, 6.07) is 10.2. The van der Waals surface area contributed by atoms with Crippen molar-refractivity contribution in [2.45, 2.75) is 52.2 Å². The van der Waals surface area contributed by atoms with Crippen LogP contribution >= 0.6 is 0 Å². The predicted octanol–water partition coefficient (Wildman–Crippen LogP) is 2.55. The first kappa shape index (κ1) is 14.7. The van der Waals surface area contributed by atoms with Crippen LogP contribution in [-0.2, 0) is 11.3 Å². The lowest BCUT2D eigenvalue weighted by Gasteiger charge is -2.34. The summed E-state index contributed by atoms with van der Waals surface area (Å²) in [7, 11) is 0. The van der Waals surface area contributed by atoms with E-state index < -0.39 is 5.54 Å². The van der Waals surface area contributed by atoms with Crippen molar-refractivity contribution in [3.05, 3.63) is 35.9 Å². The Bertz CT molecular complexity index is 381. The van der Waals surface area contributed by atoms with Crippen molar-refractivity contribution in [1.82, 2.24) is 4.90 Å². The number of carbonyl (C=O) groups is 1. The van der Waals surface area contributed by atoms with Crippen LogP contribution in [0.2, 0.25) is 0 Å². The lowest BCUT2D eigenvalue weighted by molar-refractivity contribution is -0.138. The third-order valence-corrected chi connectivity index (χ3v) is 3.13. The third-order valence-electron chi connectivity index (χ3n) is 3.13. The van der Waals surface area contributed by atoms with Crippen molar-refractivity contribution in [2.24, 2.45) is 5.73 Å². The zero-order valence-electron chi connectivity index (χ0n) is 11.8. The molecule has 0 saturated heterocycles. The molecule has 2 N–H and O–H groups in total. The van der Waals surface area contributed by atoms with Crippen LogP contribution in [0.1, 0.15) is 39.7 Å². The molecule has 3 nitrogen and oxygen atoms in total. The molecule has 0 spiro atoms. The molecule has 0 aliphatic carbocycles. The molecule has 1 aromatic rings. The van der Waals surface area contributed by atoms with Gasteiger partial charge in [0.25, 0.3) is 0 Å². The van der Waals surface area contributed by atoms with Gasteiger partial charge in [-0.15, -0.1) is 0 Å². The van der Waals surface area contributed by atoms with Crippen molar-refractivity contribution >= 4 is 5.91 Å². The number of nitrogens with zero attached hydrogens (tertiary/aromatic N) is 1. The van der Waals surface area contributed by atoms with Crippen LogP contribution in [-0.4, -0.2) is 22.4 Å². The molecule has 0 fully saturated rings. The number of carbonyl (C=O) groups excluding carboxylic acids is 1. The quantitative estimate of drug-likeness (QED) is 0.870. The minimum Gasteiger partial charge on any atom is -0.334 e. The number of nitrogens with two attached hydrogens (primary N) is 1. The van der Waals surface area contributed by atoms with E-state index in [4.69, 9.17) is 5.73 Å². The van der Waals surface area contributed by atoms with Crippen molar-refractivity contribution in [2.75, 3.05) is 0 Å². The zero-order chi connectivity index (χ0) is 13.8. The maximum atomic E-state index is 12.4. The topological polar surface area (TPSA) is 46.3 Å². The number of amides is 1. The molecule has 3 heteroatoms. The molecule has 0 radical (unpaired) electrons. The highest BCUT2D eigenvalue weighted by molar-refractivity contribution is 5.85. The van der Waals surface area contributed by atoms with Gasteiger partial charge in [-0.2, -0.15) is 0 Å². The summed E-state index contributed by atoms with van der Waals surface area (Å²) < 4.78 is 0. The SMILES string of the molecule is CCC(C)N(Cc1ccccc1)C(=O)C(C)(C)N. The Labute approximate surface area is 110 Å².